The number of nitro groups is 1. The van der Waals surface area contributed by atoms with Gasteiger partial charge in [-0.3, -0.25) is 10.1 Å². The van der Waals surface area contributed by atoms with E-state index in [4.69, 9.17) is 0 Å². The Morgan fingerprint density at radius 2 is 2.14 bits per heavy atom. The van der Waals surface area contributed by atoms with Crippen LogP contribution in [0.1, 0.15) is 17.8 Å². The average Bonchev–Trinajstić information content (AvgIpc) is 2.83. The van der Waals surface area contributed by atoms with Crippen LogP contribution < -0.4 is 4.90 Å². The number of hydrogen-bond acceptors (Lipinski definition) is 5. The molecule has 0 amide bonds. The Morgan fingerprint density at radius 3 is 2.71 bits per heavy atom. The first-order chi connectivity index (χ1) is 9.99. The Morgan fingerprint density at radius 1 is 1.38 bits per heavy atom. The van der Waals surface area contributed by atoms with E-state index in [-0.39, 0.29) is 5.69 Å². The van der Waals surface area contributed by atoms with Gasteiger partial charge in [-0.15, -0.1) is 0 Å². The number of aryl methyl sites for hydroxylation is 3. The van der Waals surface area contributed by atoms with Gasteiger partial charge >= 0.3 is 0 Å². The van der Waals surface area contributed by atoms with Crippen molar-refractivity contribution < 1.29 is 4.92 Å². The smallest absolute Gasteiger partial charge is 0.290 e. The van der Waals surface area contributed by atoms with Crippen LogP contribution in [0.4, 0.5) is 11.5 Å². The summed E-state index contributed by atoms with van der Waals surface area (Å²) >= 11 is 0. The molecule has 0 aliphatic rings. The van der Waals surface area contributed by atoms with Gasteiger partial charge in [0.15, 0.2) is 0 Å². The fraction of sp³-hybridized carbons (Fsp3) is 0.429. The molecule has 0 atom stereocenters. The van der Waals surface area contributed by atoms with Crippen LogP contribution in [0.25, 0.3) is 0 Å². The maximum atomic E-state index is 10.8. The van der Waals surface area contributed by atoms with Gasteiger partial charge < -0.3 is 9.47 Å². The lowest BCUT2D eigenvalue weighted by Gasteiger charge is -2.18. The van der Waals surface area contributed by atoms with Crippen molar-refractivity contribution in [1.82, 2.24) is 14.5 Å². The summed E-state index contributed by atoms with van der Waals surface area (Å²) in [6, 6.07) is 1.75. The second-order valence-electron chi connectivity index (χ2n) is 5.03. The molecule has 0 N–H and O–H groups in total. The molecule has 21 heavy (non-hydrogen) atoms. The lowest BCUT2D eigenvalue weighted by molar-refractivity contribution is -0.385. The Hall–Kier alpha value is -2.44. The van der Waals surface area contributed by atoms with E-state index >= 15 is 0 Å². The number of hydrogen-bond donors (Lipinski definition) is 0. The van der Waals surface area contributed by atoms with Gasteiger partial charge in [-0.2, -0.15) is 0 Å². The van der Waals surface area contributed by atoms with E-state index in [2.05, 4.69) is 14.5 Å². The summed E-state index contributed by atoms with van der Waals surface area (Å²) in [4.78, 5) is 20.7. The van der Waals surface area contributed by atoms with Crippen molar-refractivity contribution in [3.05, 3.63) is 46.2 Å². The van der Waals surface area contributed by atoms with Gasteiger partial charge in [0.2, 0.25) is 0 Å². The highest BCUT2D eigenvalue weighted by Crippen LogP contribution is 2.20. The minimum atomic E-state index is -0.409. The van der Waals surface area contributed by atoms with Crippen LogP contribution >= 0.6 is 0 Å². The largest absolute Gasteiger partial charge is 0.360 e. The molecule has 7 nitrogen and oxygen atoms in total. The Kier molecular flexibility index (Phi) is 4.52. The van der Waals surface area contributed by atoms with Crippen LogP contribution in [0, 0.1) is 24.0 Å². The summed E-state index contributed by atoms with van der Waals surface area (Å²) in [5.41, 5.74) is 0.684. The van der Waals surface area contributed by atoms with E-state index in [0.29, 0.717) is 5.56 Å². The van der Waals surface area contributed by atoms with Gasteiger partial charge in [-0.1, -0.05) is 0 Å². The molecule has 0 aliphatic heterocycles. The fourth-order valence-electron chi connectivity index (χ4n) is 2.17. The van der Waals surface area contributed by atoms with Crippen LogP contribution in [0.2, 0.25) is 0 Å². The lowest BCUT2D eigenvalue weighted by atomic mass is 10.2. The van der Waals surface area contributed by atoms with Crippen molar-refractivity contribution in [2.24, 2.45) is 0 Å². The van der Waals surface area contributed by atoms with Crippen LogP contribution in [-0.2, 0) is 6.54 Å². The molecule has 0 fully saturated rings. The Bertz CT molecular complexity index is 638. The van der Waals surface area contributed by atoms with Crippen LogP contribution in [-0.4, -0.2) is 33.1 Å². The third-order valence-corrected chi connectivity index (χ3v) is 3.47. The first-order valence-electron chi connectivity index (χ1n) is 6.79. The molecule has 7 heteroatoms. The first kappa shape index (κ1) is 15.0. The zero-order chi connectivity index (χ0) is 15.4. The molecule has 0 bridgehead atoms. The van der Waals surface area contributed by atoms with Gasteiger partial charge in [0.25, 0.3) is 5.69 Å². The molecule has 2 rings (SSSR count). The zero-order valence-electron chi connectivity index (χ0n) is 12.5. The minimum Gasteiger partial charge on any atom is -0.360 e. The number of rotatable bonds is 6. The number of anilines is 1. The first-order valence-corrected chi connectivity index (χ1v) is 6.79. The highest BCUT2D eigenvalue weighted by atomic mass is 16.6. The van der Waals surface area contributed by atoms with Crippen molar-refractivity contribution >= 4 is 11.5 Å². The second-order valence-corrected chi connectivity index (χ2v) is 5.03. The number of imidazole rings is 1. The standard InChI is InChI=1S/C14H19N5O2/c1-11-9-14(16-10-13(11)19(20)21)17(3)6-4-7-18-8-5-15-12(18)2/h5,8-10H,4,6-7H2,1-3H3. The van der Waals surface area contributed by atoms with Gasteiger partial charge in [0.1, 0.15) is 17.8 Å². The maximum absolute atomic E-state index is 10.8. The lowest BCUT2D eigenvalue weighted by Crippen LogP contribution is -2.21. The summed E-state index contributed by atoms with van der Waals surface area (Å²) in [5, 5.41) is 10.8. The van der Waals surface area contributed by atoms with Gasteiger partial charge in [-0.25, -0.2) is 9.97 Å². The highest BCUT2D eigenvalue weighted by Gasteiger charge is 2.13. The monoisotopic (exact) mass is 289 g/mol. The van der Waals surface area contributed by atoms with E-state index < -0.39 is 4.92 Å². The highest BCUT2D eigenvalue weighted by molar-refractivity contribution is 5.48. The maximum Gasteiger partial charge on any atom is 0.290 e. The van der Waals surface area contributed by atoms with E-state index in [1.807, 2.05) is 25.1 Å². The molecular weight excluding hydrogens is 270 g/mol. The molecular formula is C14H19N5O2. The molecule has 0 aromatic carbocycles. The predicted octanol–water partition coefficient (Wildman–Crippen LogP) is 2.33. The third-order valence-electron chi connectivity index (χ3n) is 3.47. The van der Waals surface area contributed by atoms with E-state index in [9.17, 15) is 10.1 Å². The summed E-state index contributed by atoms with van der Waals surface area (Å²) in [6.07, 6.45) is 6.02. The molecule has 0 aliphatic carbocycles. The fourth-order valence-corrected chi connectivity index (χ4v) is 2.17. The van der Waals surface area contributed by atoms with Gasteiger partial charge in [-0.05, 0) is 26.3 Å². The Balaban J connectivity index is 1.94. The van der Waals surface area contributed by atoms with Crippen LogP contribution in [0.5, 0.6) is 0 Å². The number of pyridine rings is 1. The molecule has 2 aromatic rings. The normalized spacial score (nSPS) is 10.6. The molecule has 0 spiro atoms. The predicted molar refractivity (Wildman–Crippen MR) is 80.5 cm³/mol. The molecule has 2 heterocycles. The molecule has 0 saturated heterocycles. The molecule has 2 aromatic heterocycles. The number of aromatic nitrogens is 3. The molecule has 112 valence electrons. The summed E-state index contributed by atoms with van der Waals surface area (Å²) < 4.78 is 2.10. The van der Waals surface area contributed by atoms with Crippen molar-refractivity contribution in [3.8, 4) is 0 Å². The summed E-state index contributed by atoms with van der Waals surface area (Å²) in [5.74, 6) is 1.75. The van der Waals surface area contributed by atoms with E-state index in [1.54, 1.807) is 19.2 Å². The van der Waals surface area contributed by atoms with E-state index in [1.165, 1.54) is 6.20 Å². The number of nitrogens with zero attached hydrogens (tertiary/aromatic N) is 5. The van der Waals surface area contributed by atoms with Crippen molar-refractivity contribution in [3.63, 3.8) is 0 Å². The van der Waals surface area contributed by atoms with Crippen molar-refractivity contribution in [1.29, 1.82) is 0 Å². The topological polar surface area (TPSA) is 77.1 Å². The molecule has 0 unspecified atom stereocenters. The second kappa shape index (κ2) is 6.34. The third kappa shape index (κ3) is 3.56. The average molecular weight is 289 g/mol. The van der Waals surface area contributed by atoms with Crippen molar-refractivity contribution in [2.45, 2.75) is 26.8 Å². The molecule has 0 radical (unpaired) electrons. The quantitative estimate of drug-likeness (QED) is 0.602. The van der Waals surface area contributed by atoms with Crippen molar-refractivity contribution in [2.75, 3.05) is 18.5 Å². The molecule has 0 saturated carbocycles. The summed E-state index contributed by atoms with van der Waals surface area (Å²) in [6.45, 7) is 5.42. The zero-order valence-corrected chi connectivity index (χ0v) is 12.5. The Labute approximate surface area is 123 Å². The summed E-state index contributed by atoms with van der Waals surface area (Å²) in [7, 11) is 1.94. The van der Waals surface area contributed by atoms with Crippen LogP contribution in [0.15, 0.2) is 24.7 Å². The van der Waals surface area contributed by atoms with Crippen LogP contribution in [0.3, 0.4) is 0 Å². The minimum absolute atomic E-state index is 0.0567. The SMILES string of the molecule is Cc1cc(N(C)CCCn2ccnc2C)ncc1[N+](=O)[O-]. The van der Waals surface area contributed by atoms with E-state index in [0.717, 1.165) is 31.2 Å². The van der Waals surface area contributed by atoms with Gasteiger partial charge in [0.05, 0.1) is 4.92 Å². The van der Waals surface area contributed by atoms with Gasteiger partial charge in [0, 0.05) is 38.1 Å².